The molecule has 1 saturated carbocycles. The monoisotopic (exact) mass is 272 g/mol. The molecular formula is C15H16N2OS. The highest BCUT2D eigenvalue weighted by Gasteiger charge is 2.35. The number of aliphatic imine (C=N–C) groups is 1. The van der Waals surface area contributed by atoms with Crippen LogP contribution in [0.2, 0.25) is 0 Å². The van der Waals surface area contributed by atoms with Crippen molar-refractivity contribution in [3.8, 4) is 0 Å². The van der Waals surface area contributed by atoms with Gasteiger partial charge in [-0.25, -0.2) is 9.78 Å². The zero-order chi connectivity index (χ0) is 13.3. The molecule has 1 aliphatic carbocycles. The number of aromatic nitrogens is 1. The third-order valence-corrected chi connectivity index (χ3v) is 5.13. The maximum Gasteiger partial charge on any atom is 0.235 e. The Morgan fingerprint density at radius 2 is 2.21 bits per heavy atom. The van der Waals surface area contributed by atoms with Gasteiger partial charge in [-0.2, -0.15) is 4.99 Å². The lowest BCUT2D eigenvalue weighted by Crippen LogP contribution is -2.18. The zero-order valence-corrected chi connectivity index (χ0v) is 11.8. The maximum atomic E-state index is 10.8. The van der Waals surface area contributed by atoms with E-state index in [-0.39, 0.29) is 5.54 Å². The number of hydrogen-bond acceptors (Lipinski definition) is 4. The molecule has 0 unspecified atom stereocenters. The Balaban J connectivity index is 2.10. The topological polar surface area (TPSA) is 42.3 Å². The SMILES string of the molecule is CCc1nc2ccc(C3(N=C=O)CCCC3)cc2s1. The molecule has 1 heterocycles. The van der Waals surface area contributed by atoms with Crippen molar-refractivity contribution >= 4 is 27.6 Å². The number of aryl methyl sites for hydroxylation is 1. The normalized spacial score (nSPS) is 17.5. The van der Waals surface area contributed by atoms with Gasteiger partial charge in [-0.05, 0) is 37.0 Å². The van der Waals surface area contributed by atoms with Crippen LogP contribution in [0.4, 0.5) is 0 Å². The minimum atomic E-state index is -0.327. The largest absolute Gasteiger partial charge is 0.241 e. The number of isocyanates is 1. The van der Waals surface area contributed by atoms with E-state index in [1.165, 1.54) is 4.70 Å². The van der Waals surface area contributed by atoms with E-state index >= 15 is 0 Å². The molecule has 3 rings (SSSR count). The molecule has 4 heteroatoms. The lowest BCUT2D eigenvalue weighted by Gasteiger charge is -2.22. The molecule has 98 valence electrons. The lowest BCUT2D eigenvalue weighted by molar-refractivity contribution is 0.456. The molecule has 19 heavy (non-hydrogen) atoms. The molecule has 1 fully saturated rings. The van der Waals surface area contributed by atoms with Gasteiger partial charge in [-0.1, -0.05) is 25.8 Å². The third-order valence-electron chi connectivity index (χ3n) is 3.96. The summed E-state index contributed by atoms with van der Waals surface area (Å²) in [4.78, 5) is 19.5. The van der Waals surface area contributed by atoms with Crippen molar-refractivity contribution < 1.29 is 4.79 Å². The molecule has 0 N–H and O–H groups in total. The second-order valence-electron chi connectivity index (χ2n) is 5.09. The number of thiazole rings is 1. The van der Waals surface area contributed by atoms with Crippen LogP contribution in [0.25, 0.3) is 10.2 Å². The first-order valence-electron chi connectivity index (χ1n) is 6.76. The van der Waals surface area contributed by atoms with Crippen LogP contribution in [-0.4, -0.2) is 11.1 Å². The van der Waals surface area contributed by atoms with Gasteiger partial charge in [-0.15, -0.1) is 11.3 Å². The number of hydrogen-bond donors (Lipinski definition) is 0. The molecule has 3 nitrogen and oxygen atoms in total. The number of rotatable bonds is 3. The molecular weight excluding hydrogens is 256 g/mol. The Morgan fingerprint density at radius 3 is 2.89 bits per heavy atom. The van der Waals surface area contributed by atoms with Crippen molar-refractivity contribution in [2.75, 3.05) is 0 Å². The molecule has 1 aromatic heterocycles. The summed E-state index contributed by atoms with van der Waals surface area (Å²) in [6.07, 6.45) is 6.91. The Morgan fingerprint density at radius 1 is 1.42 bits per heavy atom. The molecule has 0 atom stereocenters. The molecule has 0 spiro atoms. The summed E-state index contributed by atoms with van der Waals surface area (Å²) < 4.78 is 1.20. The van der Waals surface area contributed by atoms with Crippen molar-refractivity contribution in [3.63, 3.8) is 0 Å². The first-order valence-corrected chi connectivity index (χ1v) is 7.58. The molecule has 2 aromatic rings. The van der Waals surface area contributed by atoms with Crippen molar-refractivity contribution in [3.05, 3.63) is 28.8 Å². The Kier molecular flexibility index (Phi) is 3.21. The van der Waals surface area contributed by atoms with Gasteiger partial charge in [0.15, 0.2) is 0 Å². The summed E-state index contributed by atoms with van der Waals surface area (Å²) in [5, 5.41) is 1.16. The van der Waals surface area contributed by atoms with Gasteiger partial charge in [0.25, 0.3) is 0 Å². The minimum Gasteiger partial charge on any atom is -0.241 e. The van der Waals surface area contributed by atoms with Crippen molar-refractivity contribution in [1.29, 1.82) is 0 Å². The van der Waals surface area contributed by atoms with E-state index in [1.54, 1.807) is 17.4 Å². The Hall–Kier alpha value is -1.51. The number of carbonyl (C=O) groups excluding carboxylic acids is 1. The van der Waals surface area contributed by atoms with E-state index < -0.39 is 0 Å². The van der Waals surface area contributed by atoms with Crippen molar-refractivity contribution in [1.82, 2.24) is 4.98 Å². The molecule has 0 amide bonds. The van der Waals surface area contributed by atoms with E-state index in [4.69, 9.17) is 0 Å². The van der Waals surface area contributed by atoms with E-state index in [0.717, 1.165) is 48.2 Å². The lowest BCUT2D eigenvalue weighted by atomic mass is 9.89. The highest BCUT2D eigenvalue weighted by Crippen LogP contribution is 2.43. The fourth-order valence-electron chi connectivity index (χ4n) is 2.93. The first kappa shape index (κ1) is 12.5. The highest BCUT2D eigenvalue weighted by molar-refractivity contribution is 7.18. The fourth-order valence-corrected chi connectivity index (χ4v) is 3.87. The molecule has 1 aliphatic rings. The number of benzene rings is 1. The van der Waals surface area contributed by atoms with Gasteiger partial charge in [0.2, 0.25) is 6.08 Å². The van der Waals surface area contributed by atoms with Gasteiger partial charge in [-0.3, -0.25) is 0 Å². The smallest absolute Gasteiger partial charge is 0.235 e. The van der Waals surface area contributed by atoms with Crippen LogP contribution in [0.3, 0.4) is 0 Å². The summed E-state index contributed by atoms with van der Waals surface area (Å²) in [5.41, 5.74) is 1.87. The number of fused-ring (bicyclic) bond motifs is 1. The van der Waals surface area contributed by atoms with Crippen LogP contribution in [0, 0.1) is 0 Å². The van der Waals surface area contributed by atoms with E-state index in [9.17, 15) is 4.79 Å². The standard InChI is InChI=1S/C15H16N2OS/c1-2-14-17-12-6-5-11(9-13(12)19-14)15(16-10-18)7-3-4-8-15/h5-6,9H,2-4,7-8H2,1H3. The highest BCUT2D eigenvalue weighted by atomic mass is 32.1. The van der Waals surface area contributed by atoms with E-state index in [0.29, 0.717) is 0 Å². The third kappa shape index (κ3) is 2.11. The summed E-state index contributed by atoms with van der Waals surface area (Å²) in [7, 11) is 0. The summed E-state index contributed by atoms with van der Waals surface area (Å²) in [6.45, 7) is 2.12. The minimum absolute atomic E-state index is 0.327. The summed E-state index contributed by atoms with van der Waals surface area (Å²) in [6, 6.07) is 6.30. The van der Waals surface area contributed by atoms with Crippen LogP contribution in [0.15, 0.2) is 23.2 Å². The first-order chi connectivity index (χ1) is 9.27. The second kappa shape index (κ2) is 4.87. The summed E-state index contributed by atoms with van der Waals surface area (Å²) >= 11 is 1.74. The van der Waals surface area contributed by atoms with Crippen LogP contribution in [-0.2, 0) is 16.8 Å². The van der Waals surface area contributed by atoms with E-state index in [1.807, 2.05) is 0 Å². The Labute approximate surface area is 116 Å². The molecule has 0 bridgehead atoms. The quantitative estimate of drug-likeness (QED) is 0.627. The van der Waals surface area contributed by atoms with E-state index in [2.05, 4.69) is 35.1 Å². The van der Waals surface area contributed by atoms with Crippen LogP contribution >= 0.6 is 11.3 Å². The van der Waals surface area contributed by atoms with Gasteiger partial charge < -0.3 is 0 Å². The van der Waals surface area contributed by atoms with Crippen LogP contribution < -0.4 is 0 Å². The van der Waals surface area contributed by atoms with Gasteiger partial charge in [0.1, 0.15) is 0 Å². The zero-order valence-electron chi connectivity index (χ0n) is 11.0. The van der Waals surface area contributed by atoms with Crippen LogP contribution in [0.5, 0.6) is 0 Å². The van der Waals surface area contributed by atoms with Gasteiger partial charge >= 0.3 is 0 Å². The van der Waals surface area contributed by atoms with Crippen LogP contribution in [0.1, 0.15) is 43.2 Å². The predicted molar refractivity (Wildman–Crippen MR) is 77.3 cm³/mol. The molecule has 1 aromatic carbocycles. The average Bonchev–Trinajstić information content (AvgIpc) is 3.04. The van der Waals surface area contributed by atoms with Crippen molar-refractivity contribution in [2.24, 2.45) is 4.99 Å². The molecule has 0 aliphatic heterocycles. The summed E-state index contributed by atoms with van der Waals surface area (Å²) in [5.74, 6) is 0. The molecule has 0 radical (unpaired) electrons. The number of nitrogens with zero attached hydrogens (tertiary/aromatic N) is 2. The molecule has 0 saturated heterocycles. The second-order valence-corrected chi connectivity index (χ2v) is 6.20. The van der Waals surface area contributed by atoms with Gasteiger partial charge in [0.05, 0.1) is 20.8 Å². The predicted octanol–water partition coefficient (Wildman–Crippen LogP) is 3.96. The average molecular weight is 272 g/mol. The Bertz CT molecular complexity index is 649. The van der Waals surface area contributed by atoms with Crippen molar-refractivity contribution in [2.45, 2.75) is 44.6 Å². The fraction of sp³-hybridized carbons (Fsp3) is 0.467. The van der Waals surface area contributed by atoms with Gasteiger partial charge in [0, 0.05) is 0 Å². The maximum absolute atomic E-state index is 10.8.